The molecule has 0 aliphatic rings. The Kier molecular flexibility index (Phi) is 18.8. The molecule has 0 saturated carbocycles. The summed E-state index contributed by atoms with van der Waals surface area (Å²) in [6, 6.07) is 8.64. The van der Waals surface area contributed by atoms with Crippen LogP contribution in [-0.2, 0) is 35.2 Å². The zero-order chi connectivity index (χ0) is 40.0. The Labute approximate surface area is 320 Å². The fourth-order valence-electron chi connectivity index (χ4n) is 6.96. The molecular weight excluding hydrogens is 695 g/mol. The van der Waals surface area contributed by atoms with E-state index in [1.165, 1.54) is 25.4 Å². The van der Waals surface area contributed by atoms with Gasteiger partial charge in [0.05, 0.1) is 13.2 Å². The maximum Gasteiger partial charge on any atom is 0.303 e. The Morgan fingerprint density at radius 1 is 0.925 bits per heavy atom. The molecule has 53 heavy (non-hydrogen) atoms. The van der Waals surface area contributed by atoms with E-state index < -0.39 is 29.8 Å². The van der Waals surface area contributed by atoms with Gasteiger partial charge in [0, 0.05) is 56.1 Å². The maximum atomic E-state index is 14.3. The molecule has 1 aromatic carbocycles. The number of carbonyl (C=O) groups is 5. The van der Waals surface area contributed by atoms with E-state index in [1.54, 1.807) is 24.3 Å². The molecule has 1 heterocycles. The molecule has 2 aromatic rings. The minimum Gasteiger partial charge on any atom is -0.455 e. The van der Waals surface area contributed by atoms with E-state index in [0.29, 0.717) is 17.8 Å². The molecule has 0 aliphatic carbocycles. The minimum absolute atomic E-state index is 0.0240. The van der Waals surface area contributed by atoms with Gasteiger partial charge in [0.1, 0.15) is 10.7 Å². The number of nitrogens with one attached hydrogen (secondary N) is 2. The number of ketones is 1. The van der Waals surface area contributed by atoms with Crippen molar-refractivity contribution >= 4 is 40.8 Å². The lowest BCUT2D eigenvalue weighted by Crippen LogP contribution is -2.48. The molecule has 0 bridgehead atoms. The molecule has 0 unspecified atom stereocenters. The van der Waals surface area contributed by atoms with E-state index in [2.05, 4.69) is 15.8 Å². The molecule has 7 atom stereocenters. The first-order valence-electron chi connectivity index (χ1n) is 18.7. The Bertz CT molecular complexity index is 1470. The average Bonchev–Trinajstić information content (AvgIpc) is 3.58. The summed E-state index contributed by atoms with van der Waals surface area (Å²) in [5, 5.41) is 5.11. The Morgan fingerprint density at radius 3 is 2.09 bits per heavy atom. The third kappa shape index (κ3) is 13.9. The van der Waals surface area contributed by atoms with Crippen LogP contribution in [0, 0.1) is 29.6 Å². The molecule has 0 aliphatic heterocycles. The Balaban J connectivity index is 2.35. The number of hydroxylamine groups is 1. The van der Waals surface area contributed by atoms with Gasteiger partial charge < -0.3 is 15.0 Å². The van der Waals surface area contributed by atoms with Crippen molar-refractivity contribution in [3.63, 3.8) is 0 Å². The number of nitrogens with zero attached hydrogens (tertiary/aromatic N) is 3. The summed E-state index contributed by atoms with van der Waals surface area (Å²) in [4.78, 5) is 79.3. The van der Waals surface area contributed by atoms with E-state index in [1.807, 2.05) is 90.9 Å². The summed E-state index contributed by atoms with van der Waals surface area (Å²) < 4.78 is 5.80. The van der Waals surface area contributed by atoms with Crippen LogP contribution in [0.15, 0.2) is 35.7 Å². The zero-order valence-corrected chi connectivity index (χ0v) is 34.6. The molecular formula is C40H63N5O7S. The van der Waals surface area contributed by atoms with E-state index >= 15 is 0 Å². The quantitative estimate of drug-likeness (QED) is 0.111. The predicted molar refractivity (Wildman–Crippen MR) is 208 cm³/mol. The van der Waals surface area contributed by atoms with Gasteiger partial charge in [0.15, 0.2) is 11.9 Å². The number of ether oxygens (including phenoxy) is 1. The summed E-state index contributed by atoms with van der Waals surface area (Å²) >= 11 is 1.21. The van der Waals surface area contributed by atoms with Gasteiger partial charge in [-0.05, 0) is 50.3 Å². The number of amides is 3. The van der Waals surface area contributed by atoms with E-state index in [4.69, 9.17) is 9.57 Å². The molecule has 2 N–H and O–H groups in total. The van der Waals surface area contributed by atoms with Crippen molar-refractivity contribution in [3.8, 4) is 0 Å². The minimum atomic E-state index is -0.817. The monoisotopic (exact) mass is 757 g/mol. The summed E-state index contributed by atoms with van der Waals surface area (Å²) in [5.74, 6) is -2.20. The highest BCUT2D eigenvalue weighted by molar-refractivity contribution is 7.09. The van der Waals surface area contributed by atoms with Crippen LogP contribution in [0.4, 0.5) is 0 Å². The highest BCUT2D eigenvalue weighted by Gasteiger charge is 2.37. The topological polar surface area (TPSA) is 147 Å². The molecule has 0 radical (unpaired) electrons. The summed E-state index contributed by atoms with van der Waals surface area (Å²) in [6.45, 7) is 15.2. The summed E-state index contributed by atoms with van der Waals surface area (Å²) in [6.07, 6.45) is 1.17. The number of carbonyl (C=O) groups excluding carboxylic acids is 5. The number of aromatic nitrogens is 1. The largest absolute Gasteiger partial charge is 0.455 e. The van der Waals surface area contributed by atoms with Crippen LogP contribution in [0.5, 0.6) is 0 Å². The number of thiazole rings is 1. The number of hydrogen-bond donors (Lipinski definition) is 2. The summed E-state index contributed by atoms with van der Waals surface area (Å²) in [7, 11) is 6.91. The van der Waals surface area contributed by atoms with E-state index in [-0.39, 0.29) is 72.0 Å². The second-order valence-electron chi connectivity index (χ2n) is 15.1. The average molecular weight is 758 g/mol. The van der Waals surface area contributed by atoms with Crippen LogP contribution in [-0.4, -0.2) is 90.6 Å². The van der Waals surface area contributed by atoms with Gasteiger partial charge in [0.25, 0.3) is 5.91 Å². The first-order chi connectivity index (χ1) is 24.9. The second-order valence-corrected chi connectivity index (χ2v) is 16.0. The third-order valence-electron chi connectivity index (χ3n) is 9.94. The maximum absolute atomic E-state index is 14.3. The standard InChI is InChI=1S/C40H63N5O7S/c1-13-26(6)31(21-34(47)36(25(4)5)44(9)10)40(50)45(11)33(24(2)3)22-35(52-28(8)46)39-42-32(23-53-39)38(49)41-30(19-27(7)37(48)43-51-12)20-29-17-15-14-16-18-29/h14-18,23-27,30-31,33,35-36H,13,19-22H2,1-12H3,(H,41,49)(H,43,48)/t26-,27-,30+,31-,33+,35+,36-/m0/s1. The van der Waals surface area contributed by atoms with Crippen LogP contribution in [0.3, 0.4) is 0 Å². The van der Waals surface area contributed by atoms with Crippen molar-refractivity contribution in [3.05, 3.63) is 52.0 Å². The number of Topliss-reactive ketones (excluding diaryl/α,β-unsaturated/α-hetero) is 1. The Hall–Kier alpha value is -3.68. The van der Waals surface area contributed by atoms with Crippen molar-refractivity contribution in [2.45, 2.75) is 112 Å². The van der Waals surface area contributed by atoms with Crippen molar-refractivity contribution in [2.75, 3.05) is 28.3 Å². The van der Waals surface area contributed by atoms with Crippen LogP contribution >= 0.6 is 11.3 Å². The first kappa shape index (κ1) is 45.5. The van der Waals surface area contributed by atoms with Gasteiger partial charge in [-0.2, -0.15) is 0 Å². The number of esters is 1. The number of likely N-dealkylation sites (N-methyl/N-ethyl adjacent to an activating group) is 1. The summed E-state index contributed by atoms with van der Waals surface area (Å²) in [5.41, 5.74) is 3.52. The molecule has 1 aromatic heterocycles. The predicted octanol–water partition coefficient (Wildman–Crippen LogP) is 5.87. The smallest absolute Gasteiger partial charge is 0.303 e. The molecule has 296 valence electrons. The zero-order valence-electron chi connectivity index (χ0n) is 33.8. The van der Waals surface area contributed by atoms with Crippen molar-refractivity contribution < 1.29 is 33.5 Å². The van der Waals surface area contributed by atoms with Crippen LogP contribution in [0.2, 0.25) is 0 Å². The van der Waals surface area contributed by atoms with Gasteiger partial charge in [0.2, 0.25) is 11.8 Å². The molecule has 0 spiro atoms. The molecule has 0 fully saturated rings. The fraction of sp³-hybridized carbons (Fsp3) is 0.650. The molecule has 3 amide bonds. The highest BCUT2D eigenvalue weighted by atomic mass is 32.1. The number of rotatable bonds is 22. The molecule has 0 saturated heterocycles. The van der Waals surface area contributed by atoms with Gasteiger partial charge in [-0.1, -0.05) is 85.2 Å². The van der Waals surface area contributed by atoms with E-state index in [0.717, 1.165) is 12.0 Å². The lowest BCUT2D eigenvalue weighted by Gasteiger charge is -2.37. The van der Waals surface area contributed by atoms with Crippen LogP contribution < -0.4 is 10.8 Å². The van der Waals surface area contributed by atoms with Gasteiger partial charge in [-0.3, -0.25) is 33.7 Å². The normalized spacial score (nSPS) is 15.6. The van der Waals surface area contributed by atoms with E-state index in [9.17, 15) is 24.0 Å². The Morgan fingerprint density at radius 2 is 1.57 bits per heavy atom. The van der Waals surface area contributed by atoms with Crippen LogP contribution in [0.25, 0.3) is 0 Å². The van der Waals surface area contributed by atoms with Gasteiger partial charge >= 0.3 is 5.97 Å². The van der Waals surface area contributed by atoms with Crippen molar-refractivity contribution in [2.24, 2.45) is 29.6 Å². The number of benzene rings is 1. The lowest BCUT2D eigenvalue weighted by molar-refractivity contribution is -0.149. The lowest BCUT2D eigenvalue weighted by atomic mass is 9.82. The van der Waals surface area contributed by atoms with Crippen molar-refractivity contribution in [1.29, 1.82) is 0 Å². The molecule has 2 rings (SSSR count). The van der Waals surface area contributed by atoms with Crippen LogP contribution in [0.1, 0.15) is 108 Å². The highest BCUT2D eigenvalue weighted by Crippen LogP contribution is 2.32. The van der Waals surface area contributed by atoms with Gasteiger partial charge in [-0.15, -0.1) is 11.3 Å². The fourth-order valence-corrected chi connectivity index (χ4v) is 7.80. The first-order valence-corrected chi connectivity index (χ1v) is 19.5. The third-order valence-corrected chi connectivity index (χ3v) is 10.9. The molecule has 12 nitrogen and oxygen atoms in total. The van der Waals surface area contributed by atoms with Crippen molar-refractivity contribution in [1.82, 2.24) is 25.6 Å². The molecule has 13 heteroatoms. The number of hydrogen-bond acceptors (Lipinski definition) is 10. The van der Waals surface area contributed by atoms with Gasteiger partial charge in [-0.25, -0.2) is 10.5 Å². The second kappa shape index (κ2) is 21.9. The SMILES string of the molecule is CC[C@H](C)[C@H](CC(=O)[C@H](C(C)C)N(C)C)C(=O)N(C)[C@H](C[C@@H](OC(C)=O)c1nc(C(=O)N[C@@H](Cc2ccccc2)C[C@H](C)C(=O)NOC)cs1)C(C)C.